The normalized spacial score (nSPS) is 12.9. The van der Waals surface area contributed by atoms with Crippen LogP contribution in [-0.4, -0.2) is 80.1 Å². The van der Waals surface area contributed by atoms with Crippen LogP contribution in [0.4, 0.5) is 5.69 Å². The van der Waals surface area contributed by atoms with Gasteiger partial charge in [0.1, 0.15) is 0 Å². The van der Waals surface area contributed by atoms with Crippen molar-refractivity contribution in [3.63, 3.8) is 0 Å². The van der Waals surface area contributed by atoms with Gasteiger partial charge >= 0.3 is 7.60 Å². The molecule has 0 saturated carbocycles. The Hall–Kier alpha value is -1.48. The van der Waals surface area contributed by atoms with Crippen molar-refractivity contribution in [2.45, 2.75) is 31.6 Å². The second-order valence-electron chi connectivity index (χ2n) is 9.18. The summed E-state index contributed by atoms with van der Waals surface area (Å²) in [6.45, 7) is 6.29. The standard InChI is InChI=1S/C24H41N3O5PS/c1-7-31-33(28,32-8-2)20-12-19-27(5,6)18-11-17-25-34(29,30)24-16-10-13-21-22(24)14-9-15-23(21)26(3)4/h9-10,13-16,25H,7-8,11-12,17-20H2,1-6H3/q+1. The lowest BCUT2D eigenvalue weighted by molar-refractivity contribution is -0.890. The highest BCUT2D eigenvalue weighted by Gasteiger charge is 2.25. The average Bonchev–Trinajstić information content (AvgIpc) is 2.76. The fraction of sp³-hybridized carbons (Fsp3) is 0.583. The van der Waals surface area contributed by atoms with Gasteiger partial charge in [-0.1, -0.05) is 24.3 Å². The lowest BCUT2D eigenvalue weighted by Gasteiger charge is -2.30. The van der Waals surface area contributed by atoms with E-state index in [1.54, 1.807) is 12.1 Å². The number of hydrogen-bond donors (Lipinski definition) is 1. The largest absolute Gasteiger partial charge is 0.377 e. The van der Waals surface area contributed by atoms with Crippen molar-refractivity contribution >= 4 is 34.1 Å². The van der Waals surface area contributed by atoms with Gasteiger partial charge < -0.3 is 18.4 Å². The monoisotopic (exact) mass is 514 g/mol. The van der Waals surface area contributed by atoms with E-state index in [1.807, 2.05) is 57.1 Å². The summed E-state index contributed by atoms with van der Waals surface area (Å²) in [5, 5.41) is 1.62. The first-order valence-corrected chi connectivity index (χ1v) is 15.0. The summed E-state index contributed by atoms with van der Waals surface area (Å²) < 4.78 is 52.9. The molecule has 0 aliphatic heterocycles. The Morgan fingerprint density at radius 1 is 0.941 bits per heavy atom. The molecule has 0 saturated heterocycles. The van der Waals surface area contributed by atoms with Crippen molar-refractivity contribution in [1.82, 2.24) is 4.72 Å². The number of anilines is 1. The smallest absolute Gasteiger partial charge is 0.330 e. The molecule has 8 nitrogen and oxygen atoms in total. The fourth-order valence-corrected chi connectivity index (χ4v) is 6.99. The zero-order valence-electron chi connectivity index (χ0n) is 21.4. The molecule has 0 radical (unpaired) electrons. The second-order valence-corrected chi connectivity index (χ2v) is 13.1. The molecular weight excluding hydrogens is 473 g/mol. The maximum atomic E-state index is 13.1. The Morgan fingerprint density at radius 3 is 2.15 bits per heavy atom. The minimum atomic E-state index is -3.64. The molecule has 10 heteroatoms. The third-order valence-corrected chi connectivity index (χ3v) is 9.40. The van der Waals surface area contributed by atoms with E-state index in [4.69, 9.17) is 9.05 Å². The van der Waals surface area contributed by atoms with E-state index >= 15 is 0 Å². The predicted octanol–water partition coefficient (Wildman–Crippen LogP) is 4.31. The van der Waals surface area contributed by atoms with E-state index < -0.39 is 17.6 Å². The third-order valence-electron chi connectivity index (χ3n) is 5.71. The van der Waals surface area contributed by atoms with Crippen LogP contribution >= 0.6 is 7.60 Å². The van der Waals surface area contributed by atoms with Gasteiger partial charge in [0.05, 0.1) is 51.5 Å². The van der Waals surface area contributed by atoms with Gasteiger partial charge in [-0.25, -0.2) is 13.1 Å². The van der Waals surface area contributed by atoms with E-state index in [0.717, 1.165) is 24.2 Å². The number of benzene rings is 2. The zero-order chi connectivity index (χ0) is 25.4. The Bertz CT molecular complexity index is 1080. The van der Waals surface area contributed by atoms with Crippen LogP contribution in [0.15, 0.2) is 41.3 Å². The third kappa shape index (κ3) is 8.04. The SMILES string of the molecule is CCOP(=O)(CCC[N+](C)(C)CCCNS(=O)(=O)c1cccc2c(N(C)C)cccc12)OCC. The molecule has 2 rings (SSSR count). The number of hydrogen-bond acceptors (Lipinski definition) is 6. The van der Waals surface area contributed by atoms with E-state index in [9.17, 15) is 13.0 Å². The number of quaternary nitrogens is 1. The van der Waals surface area contributed by atoms with Crippen LogP contribution in [0.25, 0.3) is 10.8 Å². The molecule has 192 valence electrons. The first-order chi connectivity index (χ1) is 15.9. The fourth-order valence-electron chi connectivity index (χ4n) is 4.04. The van der Waals surface area contributed by atoms with Crippen molar-refractivity contribution in [2.24, 2.45) is 0 Å². The Kier molecular flexibility index (Phi) is 10.5. The predicted molar refractivity (Wildman–Crippen MR) is 140 cm³/mol. The van der Waals surface area contributed by atoms with Crippen LogP contribution < -0.4 is 9.62 Å². The van der Waals surface area contributed by atoms with Gasteiger partial charge in [-0.05, 0) is 26.0 Å². The molecule has 34 heavy (non-hydrogen) atoms. The quantitative estimate of drug-likeness (QED) is 0.217. The van der Waals surface area contributed by atoms with Crippen molar-refractivity contribution in [3.8, 4) is 0 Å². The van der Waals surface area contributed by atoms with E-state index in [2.05, 4.69) is 18.8 Å². The van der Waals surface area contributed by atoms with Gasteiger partial charge in [0.2, 0.25) is 10.0 Å². The molecule has 0 aliphatic rings. The molecule has 0 heterocycles. The van der Waals surface area contributed by atoms with Crippen LogP contribution in [-0.2, 0) is 23.6 Å². The van der Waals surface area contributed by atoms with Crippen molar-refractivity contribution in [2.75, 3.05) is 72.1 Å². The molecule has 0 aromatic heterocycles. The maximum absolute atomic E-state index is 13.1. The topological polar surface area (TPSA) is 84.9 Å². The molecule has 1 N–H and O–H groups in total. The number of nitrogens with one attached hydrogen (secondary N) is 1. The van der Waals surface area contributed by atoms with Gasteiger partial charge in [-0.3, -0.25) is 4.57 Å². The summed E-state index contributed by atoms with van der Waals surface area (Å²) in [6, 6.07) is 11.1. The van der Waals surface area contributed by atoms with Crippen LogP contribution in [0.2, 0.25) is 0 Å². The van der Waals surface area contributed by atoms with Crippen LogP contribution in [0.5, 0.6) is 0 Å². The zero-order valence-corrected chi connectivity index (χ0v) is 23.1. The highest BCUT2D eigenvalue weighted by Crippen LogP contribution is 2.48. The molecule has 0 fully saturated rings. The Balaban J connectivity index is 1.94. The van der Waals surface area contributed by atoms with E-state index in [0.29, 0.717) is 53.5 Å². The molecule has 0 atom stereocenters. The Labute approximate surface area is 205 Å². The second kappa shape index (κ2) is 12.5. The first-order valence-electron chi connectivity index (χ1n) is 11.8. The summed E-state index contributed by atoms with van der Waals surface area (Å²) >= 11 is 0. The summed E-state index contributed by atoms with van der Waals surface area (Å²) in [7, 11) is 1.40. The van der Waals surface area contributed by atoms with E-state index in [1.165, 1.54) is 0 Å². The van der Waals surface area contributed by atoms with Gasteiger partial charge in [0.15, 0.2) is 0 Å². The highest BCUT2D eigenvalue weighted by molar-refractivity contribution is 7.89. The molecular formula is C24H41N3O5PS+. The molecule has 2 aromatic rings. The van der Waals surface area contributed by atoms with Crippen LogP contribution in [0.3, 0.4) is 0 Å². The molecule has 0 unspecified atom stereocenters. The van der Waals surface area contributed by atoms with Crippen molar-refractivity contribution < 1.29 is 26.5 Å². The summed E-state index contributed by atoms with van der Waals surface area (Å²) in [4.78, 5) is 2.28. The average molecular weight is 515 g/mol. The van der Waals surface area contributed by atoms with Gasteiger partial charge in [-0.15, -0.1) is 0 Å². The van der Waals surface area contributed by atoms with Crippen molar-refractivity contribution in [1.29, 1.82) is 0 Å². The van der Waals surface area contributed by atoms with Gasteiger partial charge in [0.25, 0.3) is 0 Å². The highest BCUT2D eigenvalue weighted by atomic mass is 32.2. The van der Waals surface area contributed by atoms with Crippen molar-refractivity contribution in [3.05, 3.63) is 36.4 Å². The maximum Gasteiger partial charge on any atom is 0.330 e. The molecule has 2 aromatic carbocycles. The van der Waals surface area contributed by atoms with Gasteiger partial charge in [0, 0.05) is 49.9 Å². The molecule has 0 bridgehead atoms. The lowest BCUT2D eigenvalue weighted by Crippen LogP contribution is -2.42. The lowest BCUT2D eigenvalue weighted by atomic mass is 10.1. The van der Waals surface area contributed by atoms with Gasteiger partial charge in [-0.2, -0.15) is 0 Å². The first kappa shape index (κ1) is 28.8. The molecule has 0 spiro atoms. The molecule has 0 amide bonds. The number of fused-ring (bicyclic) bond motifs is 1. The van der Waals surface area contributed by atoms with Crippen LogP contribution in [0, 0.1) is 0 Å². The Morgan fingerprint density at radius 2 is 1.53 bits per heavy atom. The van der Waals surface area contributed by atoms with Crippen LogP contribution in [0.1, 0.15) is 26.7 Å². The summed E-state index contributed by atoms with van der Waals surface area (Å²) in [5.41, 5.74) is 0.979. The van der Waals surface area contributed by atoms with E-state index in [-0.39, 0.29) is 0 Å². The summed E-state index contributed by atoms with van der Waals surface area (Å²) in [6.07, 6.45) is 1.79. The number of nitrogens with zero attached hydrogens (tertiary/aromatic N) is 2. The number of rotatable bonds is 15. The number of sulfonamides is 1. The molecule has 0 aliphatic carbocycles. The minimum absolute atomic E-state index is 0.296. The summed E-state index contributed by atoms with van der Waals surface area (Å²) in [5.74, 6) is 0. The minimum Gasteiger partial charge on any atom is -0.377 e.